The van der Waals surface area contributed by atoms with Gasteiger partial charge in [-0.3, -0.25) is 0 Å². The van der Waals surface area contributed by atoms with Crippen LogP contribution >= 0.6 is 22.6 Å². The summed E-state index contributed by atoms with van der Waals surface area (Å²) < 4.78 is 6.50. The van der Waals surface area contributed by atoms with Gasteiger partial charge in [-0.2, -0.15) is 0 Å². The van der Waals surface area contributed by atoms with E-state index in [9.17, 15) is 0 Å². The fourth-order valence-corrected chi connectivity index (χ4v) is 1.45. The first-order valence-corrected chi connectivity index (χ1v) is 6.28. The third-order valence-corrected chi connectivity index (χ3v) is 2.35. The highest BCUT2D eigenvalue weighted by Crippen LogP contribution is 1.92. The topological polar surface area (TPSA) is 21.3 Å². The predicted molar refractivity (Wildman–Crippen MR) is 62.1 cm³/mol. The van der Waals surface area contributed by atoms with Crippen LogP contribution in [0.1, 0.15) is 26.2 Å². The maximum Gasteiger partial charge on any atom is 0.0477 e. The lowest BCUT2D eigenvalue weighted by Crippen LogP contribution is -2.18. The molecule has 0 aliphatic carbocycles. The molecule has 0 aliphatic rings. The van der Waals surface area contributed by atoms with Crippen LogP contribution in [0.25, 0.3) is 0 Å². The smallest absolute Gasteiger partial charge is 0.0477 e. The largest absolute Gasteiger partial charge is 0.382 e. The van der Waals surface area contributed by atoms with E-state index in [1.807, 2.05) is 6.92 Å². The van der Waals surface area contributed by atoms with Crippen molar-refractivity contribution < 1.29 is 4.74 Å². The van der Waals surface area contributed by atoms with Crippen LogP contribution in [0.2, 0.25) is 0 Å². The van der Waals surface area contributed by atoms with Gasteiger partial charge in [0.05, 0.1) is 0 Å². The first-order valence-electron chi connectivity index (χ1n) is 4.76. The van der Waals surface area contributed by atoms with Crippen LogP contribution in [-0.2, 0) is 4.74 Å². The number of alkyl halides is 1. The molecule has 0 spiro atoms. The van der Waals surface area contributed by atoms with Crippen molar-refractivity contribution in [3.8, 4) is 0 Å². The SMILES string of the molecule is CCOCCCNCCCCI. The molecule has 0 radical (unpaired) electrons. The number of rotatable bonds is 9. The molecule has 0 aromatic carbocycles. The van der Waals surface area contributed by atoms with E-state index in [0.717, 1.165) is 32.7 Å². The van der Waals surface area contributed by atoms with Gasteiger partial charge in [-0.1, -0.05) is 22.6 Å². The van der Waals surface area contributed by atoms with Crippen LogP contribution in [0, 0.1) is 0 Å². The Balaban J connectivity index is 2.73. The minimum Gasteiger partial charge on any atom is -0.382 e. The first kappa shape index (κ1) is 12.7. The first-order chi connectivity index (χ1) is 5.91. The quantitative estimate of drug-likeness (QED) is 0.398. The van der Waals surface area contributed by atoms with E-state index in [0.29, 0.717) is 0 Å². The number of halogens is 1. The monoisotopic (exact) mass is 285 g/mol. The summed E-state index contributed by atoms with van der Waals surface area (Å²) in [5.74, 6) is 0. The van der Waals surface area contributed by atoms with Crippen molar-refractivity contribution in [2.45, 2.75) is 26.2 Å². The van der Waals surface area contributed by atoms with Crippen LogP contribution < -0.4 is 5.32 Å². The Morgan fingerprint density at radius 3 is 2.58 bits per heavy atom. The lowest BCUT2D eigenvalue weighted by Gasteiger charge is -2.03. The summed E-state index contributed by atoms with van der Waals surface area (Å²) >= 11 is 2.42. The van der Waals surface area contributed by atoms with Gasteiger partial charge in [-0.15, -0.1) is 0 Å². The number of ether oxygens (including phenoxy) is 1. The second-order valence-electron chi connectivity index (χ2n) is 2.70. The summed E-state index contributed by atoms with van der Waals surface area (Å²) in [5.41, 5.74) is 0. The van der Waals surface area contributed by atoms with Crippen LogP contribution in [0.15, 0.2) is 0 Å². The van der Waals surface area contributed by atoms with Crippen LogP contribution in [-0.4, -0.2) is 30.7 Å². The average Bonchev–Trinajstić information content (AvgIpc) is 2.10. The van der Waals surface area contributed by atoms with Gasteiger partial charge >= 0.3 is 0 Å². The molecule has 12 heavy (non-hydrogen) atoms. The molecule has 2 nitrogen and oxygen atoms in total. The van der Waals surface area contributed by atoms with Crippen molar-refractivity contribution >= 4 is 22.6 Å². The zero-order valence-electron chi connectivity index (χ0n) is 7.94. The summed E-state index contributed by atoms with van der Waals surface area (Å²) in [5, 5.41) is 3.40. The molecule has 0 saturated carbocycles. The Kier molecular flexibility index (Phi) is 12.3. The fourth-order valence-electron chi connectivity index (χ4n) is 0.913. The summed E-state index contributed by atoms with van der Waals surface area (Å²) in [6.45, 7) is 6.04. The minimum atomic E-state index is 0.842. The molecular formula is C9H20INO. The van der Waals surface area contributed by atoms with Gasteiger partial charge in [0.15, 0.2) is 0 Å². The third-order valence-electron chi connectivity index (χ3n) is 1.58. The molecule has 0 aromatic heterocycles. The zero-order chi connectivity index (χ0) is 9.07. The lowest BCUT2D eigenvalue weighted by atomic mass is 10.3. The second kappa shape index (κ2) is 11.6. The average molecular weight is 285 g/mol. The fraction of sp³-hybridized carbons (Fsp3) is 1.00. The van der Waals surface area contributed by atoms with Gasteiger partial charge in [0.2, 0.25) is 0 Å². The van der Waals surface area contributed by atoms with Gasteiger partial charge in [-0.05, 0) is 43.7 Å². The summed E-state index contributed by atoms with van der Waals surface area (Å²) in [7, 11) is 0. The Morgan fingerprint density at radius 2 is 1.92 bits per heavy atom. The van der Waals surface area contributed by atoms with E-state index in [4.69, 9.17) is 4.74 Å². The number of nitrogens with one attached hydrogen (secondary N) is 1. The Hall–Kier alpha value is 0.650. The zero-order valence-corrected chi connectivity index (χ0v) is 10.1. The van der Waals surface area contributed by atoms with E-state index in [1.165, 1.54) is 17.3 Å². The molecule has 0 amide bonds. The number of unbranched alkanes of at least 4 members (excludes halogenated alkanes) is 1. The molecule has 1 N–H and O–H groups in total. The Bertz CT molecular complexity index is 70.9. The molecule has 74 valence electrons. The molecule has 0 bridgehead atoms. The molecule has 0 aromatic rings. The lowest BCUT2D eigenvalue weighted by molar-refractivity contribution is 0.145. The molecule has 0 aliphatic heterocycles. The highest BCUT2D eigenvalue weighted by Gasteiger charge is 1.88. The highest BCUT2D eigenvalue weighted by atomic mass is 127. The van der Waals surface area contributed by atoms with Gasteiger partial charge in [0, 0.05) is 13.2 Å². The number of hydrogen-bond acceptors (Lipinski definition) is 2. The van der Waals surface area contributed by atoms with Gasteiger partial charge in [0.1, 0.15) is 0 Å². The van der Waals surface area contributed by atoms with Crippen molar-refractivity contribution in [3.63, 3.8) is 0 Å². The molecule has 0 saturated heterocycles. The van der Waals surface area contributed by atoms with Gasteiger partial charge in [-0.25, -0.2) is 0 Å². The van der Waals surface area contributed by atoms with Crippen LogP contribution in [0.5, 0.6) is 0 Å². The van der Waals surface area contributed by atoms with Crippen LogP contribution in [0.3, 0.4) is 0 Å². The maximum atomic E-state index is 5.22. The Morgan fingerprint density at radius 1 is 1.17 bits per heavy atom. The minimum absolute atomic E-state index is 0.842. The second-order valence-corrected chi connectivity index (χ2v) is 3.78. The molecule has 0 atom stereocenters. The molecule has 3 heteroatoms. The highest BCUT2D eigenvalue weighted by molar-refractivity contribution is 14.1. The molecular weight excluding hydrogens is 265 g/mol. The Labute approximate surface area is 89.6 Å². The summed E-state index contributed by atoms with van der Waals surface area (Å²) in [6, 6.07) is 0. The van der Waals surface area contributed by atoms with Crippen molar-refractivity contribution in [2.75, 3.05) is 30.7 Å². The standard InChI is InChI=1S/C9H20INO/c1-2-12-9-5-8-11-7-4-3-6-10/h11H,2-9H2,1H3. The van der Waals surface area contributed by atoms with E-state index in [1.54, 1.807) is 0 Å². The van der Waals surface area contributed by atoms with E-state index >= 15 is 0 Å². The van der Waals surface area contributed by atoms with E-state index in [-0.39, 0.29) is 0 Å². The number of hydrogen-bond donors (Lipinski definition) is 1. The molecule has 0 fully saturated rings. The molecule has 0 unspecified atom stereocenters. The van der Waals surface area contributed by atoms with Gasteiger partial charge < -0.3 is 10.1 Å². The van der Waals surface area contributed by atoms with Crippen molar-refractivity contribution in [1.29, 1.82) is 0 Å². The molecule has 0 rings (SSSR count). The maximum absolute atomic E-state index is 5.22. The van der Waals surface area contributed by atoms with Gasteiger partial charge in [0.25, 0.3) is 0 Å². The summed E-state index contributed by atoms with van der Waals surface area (Å²) in [6.07, 6.45) is 3.77. The van der Waals surface area contributed by atoms with Crippen molar-refractivity contribution in [2.24, 2.45) is 0 Å². The van der Waals surface area contributed by atoms with Crippen molar-refractivity contribution in [3.05, 3.63) is 0 Å². The van der Waals surface area contributed by atoms with Crippen LogP contribution in [0.4, 0.5) is 0 Å². The predicted octanol–water partition coefficient (Wildman–Crippen LogP) is 2.22. The summed E-state index contributed by atoms with van der Waals surface area (Å²) in [4.78, 5) is 0. The normalized spacial score (nSPS) is 10.5. The molecule has 0 heterocycles. The van der Waals surface area contributed by atoms with E-state index < -0.39 is 0 Å². The van der Waals surface area contributed by atoms with Crippen molar-refractivity contribution in [1.82, 2.24) is 5.32 Å². The third kappa shape index (κ3) is 10.7. The van der Waals surface area contributed by atoms with E-state index in [2.05, 4.69) is 27.9 Å².